The molecule has 0 aliphatic rings. The van der Waals surface area contributed by atoms with E-state index in [4.69, 9.17) is 0 Å². The number of rotatable bonds is 7. The topological polar surface area (TPSA) is 21.3 Å². The minimum Gasteiger partial charge on any atom is -0.403 e. The number of alkyl halides is 3. The maximum absolute atomic E-state index is 13.9. The van der Waals surface area contributed by atoms with Crippen molar-refractivity contribution in [2.45, 2.75) is 46.0 Å². The second kappa shape index (κ2) is 7.81. The van der Waals surface area contributed by atoms with Gasteiger partial charge >= 0.3 is 6.36 Å². The summed E-state index contributed by atoms with van der Waals surface area (Å²) in [7, 11) is 0. The van der Waals surface area contributed by atoms with Crippen LogP contribution in [0.1, 0.15) is 39.2 Å². The lowest BCUT2D eigenvalue weighted by Crippen LogP contribution is -2.29. The van der Waals surface area contributed by atoms with Crippen LogP contribution in [0.5, 0.6) is 5.75 Å². The van der Waals surface area contributed by atoms with Crippen molar-refractivity contribution in [1.82, 2.24) is 5.32 Å². The Bertz CT molecular complexity index is 538. The van der Waals surface area contributed by atoms with Gasteiger partial charge in [-0.05, 0) is 23.6 Å². The van der Waals surface area contributed by atoms with Crippen molar-refractivity contribution in [3.63, 3.8) is 0 Å². The Morgan fingerprint density at radius 1 is 1.22 bits per heavy atom. The summed E-state index contributed by atoms with van der Waals surface area (Å²) >= 11 is 0. The molecule has 1 aromatic rings. The third-order valence-electron chi connectivity index (χ3n) is 3.50. The molecule has 0 unspecified atom stereocenters. The molecule has 1 rings (SSSR count). The van der Waals surface area contributed by atoms with E-state index in [0.29, 0.717) is 12.1 Å². The van der Waals surface area contributed by atoms with Gasteiger partial charge in [0.1, 0.15) is 0 Å². The smallest absolute Gasteiger partial charge is 0.403 e. The molecule has 0 bridgehead atoms. The summed E-state index contributed by atoms with van der Waals surface area (Å²) in [6.45, 7) is 12.5. The molecule has 0 aliphatic carbocycles. The normalized spacial score (nSPS) is 13.5. The van der Waals surface area contributed by atoms with Crippen LogP contribution in [0.4, 0.5) is 17.6 Å². The summed E-state index contributed by atoms with van der Waals surface area (Å²) in [6, 6.07) is 3.77. The average molecular weight is 333 g/mol. The van der Waals surface area contributed by atoms with Crippen LogP contribution < -0.4 is 10.1 Å². The molecule has 1 atom stereocenters. The van der Waals surface area contributed by atoms with Crippen LogP contribution in [0.15, 0.2) is 30.4 Å². The Hall–Kier alpha value is -1.56. The third-order valence-corrected chi connectivity index (χ3v) is 3.50. The van der Waals surface area contributed by atoms with Gasteiger partial charge in [-0.2, -0.15) is 0 Å². The highest BCUT2D eigenvalue weighted by molar-refractivity contribution is 5.35. The Kier molecular flexibility index (Phi) is 6.62. The van der Waals surface area contributed by atoms with E-state index >= 15 is 0 Å². The molecule has 1 N–H and O–H groups in total. The monoisotopic (exact) mass is 333 g/mol. The van der Waals surface area contributed by atoms with Crippen molar-refractivity contribution in [1.29, 1.82) is 0 Å². The van der Waals surface area contributed by atoms with Crippen molar-refractivity contribution >= 4 is 0 Å². The maximum atomic E-state index is 13.9. The minimum atomic E-state index is -4.91. The van der Waals surface area contributed by atoms with Gasteiger partial charge in [0.2, 0.25) is 0 Å². The molecule has 0 spiro atoms. The number of ether oxygens (including phenoxy) is 1. The van der Waals surface area contributed by atoms with Gasteiger partial charge in [-0.3, -0.25) is 0 Å². The second-order valence-corrected chi connectivity index (χ2v) is 6.08. The van der Waals surface area contributed by atoms with E-state index in [-0.39, 0.29) is 17.9 Å². The van der Waals surface area contributed by atoms with Crippen LogP contribution in [0.2, 0.25) is 0 Å². The summed E-state index contributed by atoms with van der Waals surface area (Å²) in [5, 5.41) is 3.26. The number of benzene rings is 1. The molecular weight excluding hydrogens is 310 g/mol. The van der Waals surface area contributed by atoms with Gasteiger partial charge in [0.25, 0.3) is 0 Å². The highest BCUT2D eigenvalue weighted by atomic mass is 19.4. The summed E-state index contributed by atoms with van der Waals surface area (Å²) in [4.78, 5) is 0. The molecule has 130 valence electrons. The predicted octanol–water partition coefficient (Wildman–Crippen LogP) is 5.02. The van der Waals surface area contributed by atoms with Crippen molar-refractivity contribution in [3.8, 4) is 5.75 Å². The first-order valence-electron chi connectivity index (χ1n) is 7.48. The SMILES string of the molecule is C=C(C(C)C)[C@H](CNC(C)C)c1ccc(OC(F)(F)F)c(F)c1. The van der Waals surface area contributed by atoms with E-state index in [0.717, 1.165) is 17.7 Å². The van der Waals surface area contributed by atoms with Gasteiger partial charge in [-0.1, -0.05) is 45.9 Å². The van der Waals surface area contributed by atoms with E-state index in [2.05, 4.69) is 16.6 Å². The minimum absolute atomic E-state index is 0.170. The standard InChI is InChI=1S/C17H23F4NO/c1-10(2)12(5)14(9-22-11(3)4)13-6-7-16(15(18)8-13)23-17(19,20)21/h6-8,10-11,14,22H,5,9H2,1-4H3/t14-/m0/s1. The van der Waals surface area contributed by atoms with E-state index in [1.54, 1.807) is 0 Å². The van der Waals surface area contributed by atoms with Gasteiger partial charge in [-0.15, -0.1) is 13.2 Å². The number of halogens is 4. The fourth-order valence-electron chi connectivity index (χ4n) is 2.16. The highest BCUT2D eigenvalue weighted by Crippen LogP contribution is 2.32. The number of hydrogen-bond donors (Lipinski definition) is 1. The lowest BCUT2D eigenvalue weighted by molar-refractivity contribution is -0.275. The molecule has 6 heteroatoms. The van der Waals surface area contributed by atoms with Crippen molar-refractivity contribution in [2.24, 2.45) is 5.92 Å². The Morgan fingerprint density at radius 3 is 2.26 bits per heavy atom. The van der Waals surface area contributed by atoms with Crippen LogP contribution in [0.3, 0.4) is 0 Å². The average Bonchev–Trinajstić information content (AvgIpc) is 2.39. The zero-order valence-electron chi connectivity index (χ0n) is 13.8. The molecule has 0 amide bonds. The van der Waals surface area contributed by atoms with Crippen LogP contribution in [-0.4, -0.2) is 18.9 Å². The summed E-state index contributed by atoms with van der Waals surface area (Å²) in [6.07, 6.45) is -4.91. The van der Waals surface area contributed by atoms with Gasteiger partial charge in [0, 0.05) is 18.5 Å². The second-order valence-electron chi connectivity index (χ2n) is 6.08. The first-order valence-corrected chi connectivity index (χ1v) is 7.48. The summed E-state index contributed by atoms with van der Waals surface area (Å²) in [5.41, 5.74) is 1.46. The molecule has 23 heavy (non-hydrogen) atoms. The summed E-state index contributed by atoms with van der Waals surface area (Å²) < 4.78 is 54.2. The fourth-order valence-corrected chi connectivity index (χ4v) is 2.16. The van der Waals surface area contributed by atoms with Crippen LogP contribution in [-0.2, 0) is 0 Å². The molecule has 0 radical (unpaired) electrons. The van der Waals surface area contributed by atoms with Gasteiger partial charge in [0.05, 0.1) is 0 Å². The molecule has 2 nitrogen and oxygen atoms in total. The number of nitrogens with one attached hydrogen (secondary N) is 1. The largest absolute Gasteiger partial charge is 0.573 e. The third kappa shape index (κ3) is 6.22. The van der Waals surface area contributed by atoms with Crippen molar-refractivity contribution in [2.75, 3.05) is 6.54 Å². The molecule has 0 fully saturated rings. The molecule has 0 heterocycles. The molecule has 0 saturated heterocycles. The Balaban J connectivity index is 3.06. The lowest BCUT2D eigenvalue weighted by Gasteiger charge is -2.25. The Morgan fingerprint density at radius 2 is 1.83 bits per heavy atom. The zero-order chi connectivity index (χ0) is 17.8. The molecule has 0 aliphatic heterocycles. The Labute approximate surface area is 134 Å². The van der Waals surface area contributed by atoms with Crippen molar-refractivity contribution in [3.05, 3.63) is 41.7 Å². The molecule has 0 saturated carbocycles. The van der Waals surface area contributed by atoms with Crippen LogP contribution in [0, 0.1) is 11.7 Å². The van der Waals surface area contributed by atoms with E-state index < -0.39 is 17.9 Å². The van der Waals surface area contributed by atoms with Gasteiger partial charge in [0.15, 0.2) is 11.6 Å². The predicted molar refractivity (Wildman–Crippen MR) is 82.9 cm³/mol. The first-order chi connectivity index (χ1) is 10.5. The molecular formula is C17H23F4NO. The zero-order valence-corrected chi connectivity index (χ0v) is 13.8. The van der Waals surface area contributed by atoms with Gasteiger partial charge in [-0.25, -0.2) is 4.39 Å². The van der Waals surface area contributed by atoms with Gasteiger partial charge < -0.3 is 10.1 Å². The summed E-state index contributed by atoms with van der Waals surface area (Å²) in [5.74, 6) is -1.88. The van der Waals surface area contributed by atoms with E-state index in [1.165, 1.54) is 6.07 Å². The molecule has 0 aromatic heterocycles. The lowest BCUT2D eigenvalue weighted by atomic mass is 9.85. The van der Waals surface area contributed by atoms with Crippen LogP contribution >= 0.6 is 0 Å². The first kappa shape index (κ1) is 19.5. The number of hydrogen-bond acceptors (Lipinski definition) is 2. The van der Waals surface area contributed by atoms with E-state index in [9.17, 15) is 17.6 Å². The fraction of sp³-hybridized carbons (Fsp3) is 0.529. The maximum Gasteiger partial charge on any atom is 0.573 e. The highest BCUT2D eigenvalue weighted by Gasteiger charge is 2.32. The quantitative estimate of drug-likeness (QED) is 0.559. The van der Waals surface area contributed by atoms with Crippen molar-refractivity contribution < 1.29 is 22.3 Å². The van der Waals surface area contributed by atoms with E-state index in [1.807, 2.05) is 27.7 Å². The van der Waals surface area contributed by atoms with Crippen LogP contribution in [0.25, 0.3) is 0 Å². The molecule has 1 aromatic carbocycles.